The molecule has 2 unspecified atom stereocenters. The Hall–Kier alpha value is -1.48. The molecule has 0 spiro atoms. The molecule has 0 fully saturated rings. The van der Waals surface area contributed by atoms with Crippen LogP contribution in [0.2, 0.25) is 0 Å². The number of nitrogens with zero attached hydrogens (tertiary/aromatic N) is 4. The molecule has 0 bridgehead atoms. The van der Waals surface area contributed by atoms with Crippen molar-refractivity contribution in [2.24, 2.45) is 5.41 Å². The lowest BCUT2D eigenvalue weighted by Gasteiger charge is -2.25. The Morgan fingerprint density at radius 3 is 2.79 bits per heavy atom. The molecule has 19 heavy (non-hydrogen) atoms. The van der Waals surface area contributed by atoms with E-state index in [0.29, 0.717) is 10.4 Å². The summed E-state index contributed by atoms with van der Waals surface area (Å²) < 4.78 is 0.666. The largest absolute Gasteiger partial charge is 0.480 e. The fraction of sp³-hybridized carbons (Fsp3) is 0.600. The van der Waals surface area contributed by atoms with Gasteiger partial charge in [-0.15, -0.1) is 15.0 Å². The minimum atomic E-state index is -1.00. The standard InChI is InChI=1S/C10H14BrN5O3/c1-10(2,3)7(9(17)18)16-13-8(12-15-16)5-4-6(11)14-19-5/h4-5,7,14H,1-3H3,(H,17,18). The van der Waals surface area contributed by atoms with Gasteiger partial charge < -0.3 is 5.11 Å². The summed E-state index contributed by atoms with van der Waals surface area (Å²) >= 11 is 3.21. The second-order valence-electron chi connectivity index (χ2n) is 5.23. The van der Waals surface area contributed by atoms with E-state index in [4.69, 9.17) is 4.84 Å². The van der Waals surface area contributed by atoms with Crippen molar-refractivity contribution < 1.29 is 14.7 Å². The van der Waals surface area contributed by atoms with Crippen molar-refractivity contribution in [2.45, 2.75) is 32.9 Å². The Morgan fingerprint density at radius 2 is 2.32 bits per heavy atom. The number of hydrogen-bond donors (Lipinski definition) is 2. The van der Waals surface area contributed by atoms with Gasteiger partial charge in [0.15, 0.2) is 12.1 Å². The first kappa shape index (κ1) is 13.9. The van der Waals surface area contributed by atoms with Crippen molar-refractivity contribution >= 4 is 21.9 Å². The van der Waals surface area contributed by atoms with Crippen LogP contribution >= 0.6 is 15.9 Å². The molecule has 0 saturated heterocycles. The number of carboxylic acid groups (broad SMARTS) is 1. The average molecular weight is 332 g/mol. The highest BCUT2D eigenvalue weighted by atomic mass is 79.9. The maximum absolute atomic E-state index is 11.3. The van der Waals surface area contributed by atoms with E-state index >= 15 is 0 Å². The summed E-state index contributed by atoms with van der Waals surface area (Å²) in [7, 11) is 0. The Kier molecular flexibility index (Phi) is 3.59. The molecule has 0 amide bonds. The number of aliphatic carboxylic acids is 1. The summed E-state index contributed by atoms with van der Waals surface area (Å²) in [5.41, 5.74) is 2.07. The highest BCUT2D eigenvalue weighted by Crippen LogP contribution is 2.30. The third-order valence-electron chi connectivity index (χ3n) is 2.56. The molecule has 8 nitrogen and oxygen atoms in total. The monoisotopic (exact) mass is 331 g/mol. The van der Waals surface area contributed by atoms with Crippen molar-refractivity contribution in [1.29, 1.82) is 0 Å². The second kappa shape index (κ2) is 4.89. The Labute approximate surface area is 117 Å². The third kappa shape index (κ3) is 2.92. The molecule has 1 aliphatic heterocycles. The van der Waals surface area contributed by atoms with E-state index in [-0.39, 0.29) is 0 Å². The number of carboxylic acids is 1. The van der Waals surface area contributed by atoms with Crippen molar-refractivity contribution in [1.82, 2.24) is 25.7 Å². The first-order valence-corrected chi connectivity index (χ1v) is 6.39. The maximum Gasteiger partial charge on any atom is 0.331 e. The number of aromatic nitrogens is 4. The van der Waals surface area contributed by atoms with Gasteiger partial charge in [-0.05, 0) is 32.6 Å². The molecule has 0 radical (unpaired) electrons. The lowest BCUT2D eigenvalue weighted by Crippen LogP contribution is -2.33. The van der Waals surface area contributed by atoms with Gasteiger partial charge in [-0.25, -0.2) is 4.79 Å². The lowest BCUT2D eigenvalue weighted by molar-refractivity contribution is -0.145. The van der Waals surface area contributed by atoms with Crippen LogP contribution in [0.3, 0.4) is 0 Å². The van der Waals surface area contributed by atoms with E-state index in [1.165, 1.54) is 0 Å². The molecule has 1 aliphatic rings. The van der Waals surface area contributed by atoms with Crippen molar-refractivity contribution in [3.05, 3.63) is 16.5 Å². The predicted octanol–water partition coefficient (Wildman–Crippen LogP) is 1.16. The van der Waals surface area contributed by atoms with Crippen LogP contribution in [0.15, 0.2) is 10.7 Å². The van der Waals surface area contributed by atoms with Crippen LogP contribution in [0.1, 0.15) is 38.7 Å². The first-order valence-electron chi connectivity index (χ1n) is 5.60. The number of halogens is 1. The van der Waals surface area contributed by atoms with Gasteiger partial charge in [0.1, 0.15) is 4.61 Å². The molecule has 0 aromatic carbocycles. The van der Waals surface area contributed by atoms with E-state index < -0.39 is 23.5 Å². The van der Waals surface area contributed by atoms with Crippen LogP contribution in [-0.4, -0.2) is 31.3 Å². The van der Waals surface area contributed by atoms with Crippen LogP contribution in [-0.2, 0) is 9.63 Å². The van der Waals surface area contributed by atoms with Gasteiger partial charge in [0, 0.05) is 0 Å². The van der Waals surface area contributed by atoms with Gasteiger partial charge >= 0.3 is 5.97 Å². The van der Waals surface area contributed by atoms with Crippen molar-refractivity contribution in [3.63, 3.8) is 0 Å². The van der Waals surface area contributed by atoms with E-state index in [1.54, 1.807) is 26.8 Å². The van der Waals surface area contributed by atoms with Gasteiger partial charge in [-0.3, -0.25) is 10.3 Å². The zero-order valence-electron chi connectivity index (χ0n) is 10.7. The molecule has 0 aliphatic carbocycles. The van der Waals surface area contributed by atoms with Gasteiger partial charge in [0.2, 0.25) is 5.82 Å². The minimum Gasteiger partial charge on any atom is -0.480 e. The smallest absolute Gasteiger partial charge is 0.331 e. The number of tetrazole rings is 1. The lowest BCUT2D eigenvalue weighted by atomic mass is 9.87. The normalized spacial score (nSPS) is 20.8. The fourth-order valence-corrected chi connectivity index (χ4v) is 2.06. The second-order valence-corrected chi connectivity index (χ2v) is 6.08. The molecule has 2 atom stereocenters. The number of hydroxylamine groups is 1. The Balaban J connectivity index is 2.27. The SMILES string of the molecule is CC(C)(C)C(C(=O)O)n1nnc(C2C=C(Br)NO2)n1. The summed E-state index contributed by atoms with van der Waals surface area (Å²) in [5.74, 6) is -0.698. The molecular weight excluding hydrogens is 318 g/mol. The third-order valence-corrected chi connectivity index (χ3v) is 2.99. The minimum absolute atomic E-state index is 0.303. The summed E-state index contributed by atoms with van der Waals surface area (Å²) in [6.45, 7) is 5.41. The first-order chi connectivity index (χ1) is 8.79. The summed E-state index contributed by atoms with van der Waals surface area (Å²) in [6.07, 6.45) is 1.23. The van der Waals surface area contributed by atoms with Gasteiger partial charge in [-0.2, -0.15) is 0 Å². The quantitative estimate of drug-likeness (QED) is 0.801. The zero-order chi connectivity index (χ0) is 14.2. The van der Waals surface area contributed by atoms with Gasteiger partial charge in [0.25, 0.3) is 0 Å². The molecule has 1 aromatic rings. The van der Waals surface area contributed by atoms with Crippen LogP contribution < -0.4 is 5.48 Å². The zero-order valence-corrected chi connectivity index (χ0v) is 12.2. The predicted molar refractivity (Wildman–Crippen MR) is 67.9 cm³/mol. The maximum atomic E-state index is 11.3. The topological polar surface area (TPSA) is 102 Å². The molecule has 2 N–H and O–H groups in total. The van der Waals surface area contributed by atoms with E-state index in [9.17, 15) is 9.90 Å². The molecule has 9 heteroatoms. The van der Waals surface area contributed by atoms with Gasteiger partial charge in [0.05, 0.1) is 0 Å². The highest BCUT2D eigenvalue weighted by Gasteiger charge is 2.36. The van der Waals surface area contributed by atoms with Crippen LogP contribution in [0.25, 0.3) is 0 Å². The van der Waals surface area contributed by atoms with Crippen molar-refractivity contribution in [3.8, 4) is 0 Å². The highest BCUT2D eigenvalue weighted by molar-refractivity contribution is 9.11. The molecule has 1 aromatic heterocycles. The molecule has 2 heterocycles. The van der Waals surface area contributed by atoms with Crippen LogP contribution in [0, 0.1) is 5.41 Å². The summed E-state index contributed by atoms with van der Waals surface area (Å²) in [5, 5.41) is 21.0. The fourth-order valence-electron chi connectivity index (χ4n) is 1.72. The van der Waals surface area contributed by atoms with Gasteiger partial charge in [-0.1, -0.05) is 20.8 Å². The molecule has 104 valence electrons. The van der Waals surface area contributed by atoms with E-state index in [0.717, 1.165) is 4.80 Å². The van der Waals surface area contributed by atoms with Crippen LogP contribution in [0.5, 0.6) is 0 Å². The Morgan fingerprint density at radius 1 is 1.63 bits per heavy atom. The van der Waals surface area contributed by atoms with E-state index in [1.807, 2.05) is 0 Å². The molecule has 0 saturated carbocycles. The molecule has 2 rings (SSSR count). The number of rotatable bonds is 3. The van der Waals surface area contributed by atoms with Crippen molar-refractivity contribution in [2.75, 3.05) is 0 Å². The number of nitrogens with one attached hydrogen (secondary N) is 1. The summed E-state index contributed by atoms with van der Waals surface area (Å²) in [4.78, 5) is 17.6. The average Bonchev–Trinajstić information content (AvgIpc) is 2.84. The number of carbonyl (C=O) groups is 1. The molecular formula is C10H14BrN5O3. The Bertz CT molecular complexity index is 521. The number of hydrogen-bond acceptors (Lipinski definition) is 6. The summed E-state index contributed by atoms with van der Waals surface area (Å²) in [6, 6.07) is -0.893. The van der Waals surface area contributed by atoms with E-state index in [2.05, 4.69) is 36.8 Å². The van der Waals surface area contributed by atoms with Crippen LogP contribution in [0.4, 0.5) is 0 Å².